The Hall–Kier alpha value is -3.02. The molecule has 32 heavy (non-hydrogen) atoms. The van der Waals surface area contributed by atoms with Gasteiger partial charge in [0.1, 0.15) is 12.4 Å². The minimum Gasteiger partial charge on any atom is -0.491 e. The van der Waals surface area contributed by atoms with E-state index in [9.17, 15) is 8.42 Å². The number of benzene rings is 2. The molecule has 1 fully saturated rings. The molecule has 10 nitrogen and oxygen atoms in total. The molecular formula is C21H26N6O4S. The number of tetrazole rings is 1. The molecule has 0 atom stereocenters. The summed E-state index contributed by atoms with van der Waals surface area (Å²) in [5.74, 6) is 1.21. The summed E-state index contributed by atoms with van der Waals surface area (Å²) in [6, 6.07) is 16.1. The topological polar surface area (TPSA) is 103 Å². The van der Waals surface area contributed by atoms with Gasteiger partial charge < -0.3 is 14.4 Å². The molecule has 1 saturated heterocycles. The molecule has 0 spiro atoms. The molecule has 170 valence electrons. The van der Waals surface area contributed by atoms with Crippen molar-refractivity contribution in [3.05, 3.63) is 54.6 Å². The number of hydrogen-bond donors (Lipinski definition) is 0. The van der Waals surface area contributed by atoms with Crippen LogP contribution in [0.5, 0.6) is 5.75 Å². The van der Waals surface area contributed by atoms with Crippen LogP contribution in [-0.4, -0.2) is 78.9 Å². The summed E-state index contributed by atoms with van der Waals surface area (Å²) in [5.41, 5.74) is 0.853. The van der Waals surface area contributed by atoms with E-state index in [1.807, 2.05) is 42.2 Å². The Labute approximate surface area is 187 Å². The lowest BCUT2D eigenvalue weighted by atomic mass is 10.3. The third-order valence-corrected chi connectivity index (χ3v) is 7.05. The predicted molar refractivity (Wildman–Crippen MR) is 119 cm³/mol. The van der Waals surface area contributed by atoms with Crippen molar-refractivity contribution in [1.82, 2.24) is 24.5 Å². The molecule has 11 heteroatoms. The van der Waals surface area contributed by atoms with Crippen molar-refractivity contribution >= 4 is 16.0 Å². The van der Waals surface area contributed by atoms with Crippen molar-refractivity contribution in [2.24, 2.45) is 0 Å². The number of para-hydroxylation sites is 1. The normalized spacial score (nSPS) is 15.1. The van der Waals surface area contributed by atoms with Crippen LogP contribution in [0, 0.1) is 0 Å². The molecular weight excluding hydrogens is 432 g/mol. The molecule has 2 aromatic carbocycles. The van der Waals surface area contributed by atoms with Gasteiger partial charge in [-0.25, -0.2) is 8.42 Å². The zero-order chi connectivity index (χ0) is 22.4. The van der Waals surface area contributed by atoms with Crippen LogP contribution in [0.4, 0.5) is 5.95 Å². The number of piperazine rings is 1. The van der Waals surface area contributed by atoms with Crippen molar-refractivity contribution in [1.29, 1.82) is 0 Å². The molecule has 1 aliphatic rings. The van der Waals surface area contributed by atoms with E-state index >= 15 is 0 Å². The molecule has 0 bridgehead atoms. The standard InChI is InChI=1S/C21H26N6O4S/c1-2-30-16-17-31-19-8-10-20(11-9-19)32(28,29)26-14-12-25(13-15-26)21-22-23-24-27(21)18-6-4-3-5-7-18/h3-11H,2,12-17H2,1H3. The quantitative estimate of drug-likeness (QED) is 0.446. The van der Waals surface area contributed by atoms with Gasteiger partial charge in [0.2, 0.25) is 16.0 Å². The van der Waals surface area contributed by atoms with Crippen LogP contribution in [0.15, 0.2) is 59.5 Å². The highest BCUT2D eigenvalue weighted by Crippen LogP contribution is 2.23. The SMILES string of the molecule is CCOCCOc1ccc(S(=O)(=O)N2CCN(c3nnnn3-c3ccccc3)CC2)cc1. The Morgan fingerprint density at radius 3 is 2.34 bits per heavy atom. The van der Waals surface area contributed by atoms with Gasteiger partial charge in [-0.05, 0) is 53.7 Å². The van der Waals surface area contributed by atoms with Crippen molar-refractivity contribution in [2.45, 2.75) is 11.8 Å². The number of anilines is 1. The lowest BCUT2D eigenvalue weighted by Gasteiger charge is -2.34. The van der Waals surface area contributed by atoms with Crippen molar-refractivity contribution < 1.29 is 17.9 Å². The number of nitrogens with zero attached hydrogens (tertiary/aromatic N) is 6. The van der Waals surface area contributed by atoms with E-state index in [1.54, 1.807) is 28.9 Å². The first-order valence-corrected chi connectivity index (χ1v) is 11.9. The summed E-state index contributed by atoms with van der Waals surface area (Å²) in [6.07, 6.45) is 0. The molecule has 0 N–H and O–H groups in total. The predicted octanol–water partition coefficient (Wildman–Crippen LogP) is 1.59. The van der Waals surface area contributed by atoms with E-state index in [0.717, 1.165) is 5.69 Å². The van der Waals surface area contributed by atoms with Crippen molar-refractivity contribution in [2.75, 3.05) is 50.9 Å². The molecule has 2 heterocycles. The van der Waals surface area contributed by atoms with Gasteiger partial charge in [-0.1, -0.05) is 23.3 Å². The van der Waals surface area contributed by atoms with Gasteiger partial charge in [-0.15, -0.1) is 0 Å². The van der Waals surface area contributed by atoms with E-state index in [2.05, 4.69) is 15.5 Å². The Morgan fingerprint density at radius 1 is 0.938 bits per heavy atom. The van der Waals surface area contributed by atoms with E-state index in [4.69, 9.17) is 9.47 Å². The summed E-state index contributed by atoms with van der Waals surface area (Å²) < 4.78 is 40.1. The Bertz CT molecular complexity index is 1100. The van der Waals surface area contributed by atoms with Gasteiger partial charge in [0.25, 0.3) is 0 Å². The average Bonchev–Trinajstić information content (AvgIpc) is 3.33. The van der Waals surface area contributed by atoms with Gasteiger partial charge in [0.05, 0.1) is 17.2 Å². The minimum atomic E-state index is -3.59. The van der Waals surface area contributed by atoms with Crippen LogP contribution >= 0.6 is 0 Å². The van der Waals surface area contributed by atoms with Gasteiger partial charge >= 0.3 is 0 Å². The number of rotatable bonds is 9. The Morgan fingerprint density at radius 2 is 1.66 bits per heavy atom. The van der Waals surface area contributed by atoms with Crippen molar-refractivity contribution in [3.8, 4) is 11.4 Å². The van der Waals surface area contributed by atoms with E-state index in [1.165, 1.54) is 4.31 Å². The monoisotopic (exact) mass is 458 g/mol. The first-order chi connectivity index (χ1) is 15.6. The first kappa shape index (κ1) is 22.2. The lowest BCUT2D eigenvalue weighted by Crippen LogP contribution is -2.49. The third-order valence-electron chi connectivity index (χ3n) is 5.14. The molecule has 3 aromatic rings. The molecule has 4 rings (SSSR count). The van der Waals surface area contributed by atoms with E-state index < -0.39 is 10.0 Å². The molecule has 0 saturated carbocycles. The minimum absolute atomic E-state index is 0.247. The smallest absolute Gasteiger partial charge is 0.250 e. The maximum absolute atomic E-state index is 13.1. The van der Waals surface area contributed by atoms with Gasteiger partial charge in [-0.3, -0.25) is 0 Å². The molecule has 0 unspecified atom stereocenters. The average molecular weight is 459 g/mol. The fourth-order valence-corrected chi connectivity index (χ4v) is 4.89. The summed E-state index contributed by atoms with van der Waals surface area (Å²) in [7, 11) is -3.59. The summed E-state index contributed by atoms with van der Waals surface area (Å²) in [6.45, 7) is 5.14. The van der Waals surface area contributed by atoms with Crippen LogP contribution in [0.25, 0.3) is 5.69 Å². The van der Waals surface area contributed by atoms with E-state index in [0.29, 0.717) is 57.7 Å². The molecule has 1 aliphatic heterocycles. The maximum Gasteiger partial charge on any atom is 0.250 e. The fraction of sp³-hybridized carbons (Fsp3) is 0.381. The van der Waals surface area contributed by atoms with Gasteiger partial charge in [0, 0.05) is 32.8 Å². The Balaban J connectivity index is 1.38. The Kier molecular flexibility index (Phi) is 6.98. The highest BCUT2D eigenvalue weighted by Gasteiger charge is 2.30. The highest BCUT2D eigenvalue weighted by molar-refractivity contribution is 7.89. The summed E-state index contributed by atoms with van der Waals surface area (Å²) in [5, 5.41) is 12.0. The van der Waals surface area contributed by atoms with Gasteiger partial charge in [0.15, 0.2) is 0 Å². The van der Waals surface area contributed by atoms with Gasteiger partial charge in [-0.2, -0.15) is 8.99 Å². The summed E-state index contributed by atoms with van der Waals surface area (Å²) >= 11 is 0. The molecule has 1 aromatic heterocycles. The van der Waals surface area contributed by atoms with Crippen LogP contribution in [0.3, 0.4) is 0 Å². The van der Waals surface area contributed by atoms with Crippen LogP contribution in [-0.2, 0) is 14.8 Å². The second kappa shape index (κ2) is 10.1. The second-order valence-corrected chi connectivity index (χ2v) is 9.07. The second-order valence-electron chi connectivity index (χ2n) is 7.13. The number of ether oxygens (including phenoxy) is 2. The molecule has 0 amide bonds. The summed E-state index contributed by atoms with van der Waals surface area (Å²) in [4.78, 5) is 2.24. The van der Waals surface area contributed by atoms with Crippen LogP contribution < -0.4 is 9.64 Å². The molecule has 0 radical (unpaired) electrons. The number of sulfonamides is 1. The zero-order valence-electron chi connectivity index (χ0n) is 17.9. The number of aromatic nitrogens is 4. The fourth-order valence-electron chi connectivity index (χ4n) is 3.46. The van der Waals surface area contributed by atoms with Crippen LogP contribution in [0.1, 0.15) is 6.92 Å². The lowest BCUT2D eigenvalue weighted by molar-refractivity contribution is 0.110. The molecule has 0 aliphatic carbocycles. The van der Waals surface area contributed by atoms with E-state index in [-0.39, 0.29) is 4.90 Å². The number of hydrogen-bond acceptors (Lipinski definition) is 8. The van der Waals surface area contributed by atoms with Crippen LogP contribution in [0.2, 0.25) is 0 Å². The first-order valence-electron chi connectivity index (χ1n) is 10.5. The zero-order valence-corrected chi connectivity index (χ0v) is 18.7. The maximum atomic E-state index is 13.1. The third kappa shape index (κ3) is 4.90. The largest absolute Gasteiger partial charge is 0.491 e. The van der Waals surface area contributed by atoms with Crippen molar-refractivity contribution in [3.63, 3.8) is 0 Å². The highest BCUT2D eigenvalue weighted by atomic mass is 32.2.